The molecule has 1 atom stereocenters. The second kappa shape index (κ2) is 7.53. The Morgan fingerprint density at radius 3 is 2.52 bits per heavy atom. The number of carbonyl (C=O) groups is 1. The van der Waals surface area contributed by atoms with Crippen LogP contribution in [0.1, 0.15) is 38.2 Å². The molecule has 3 aliphatic rings. The van der Waals surface area contributed by atoms with Gasteiger partial charge in [-0.1, -0.05) is 25.1 Å². The third-order valence-corrected chi connectivity index (χ3v) is 8.28. The second-order valence-corrected chi connectivity index (χ2v) is 10.1. The number of amides is 1. The van der Waals surface area contributed by atoms with E-state index in [-0.39, 0.29) is 11.8 Å². The Morgan fingerprint density at radius 2 is 1.74 bits per heavy atom. The van der Waals surface area contributed by atoms with Gasteiger partial charge in [-0.2, -0.15) is 17.0 Å². The van der Waals surface area contributed by atoms with E-state index in [1.54, 1.807) is 8.61 Å². The first kappa shape index (κ1) is 18.9. The summed E-state index contributed by atoms with van der Waals surface area (Å²) < 4.78 is 29.3. The molecule has 0 radical (unpaired) electrons. The molecule has 2 fully saturated rings. The van der Waals surface area contributed by atoms with Crippen molar-refractivity contribution in [2.75, 3.05) is 37.6 Å². The van der Waals surface area contributed by atoms with Crippen LogP contribution in [0, 0.1) is 11.8 Å². The molecule has 7 heteroatoms. The van der Waals surface area contributed by atoms with E-state index in [4.69, 9.17) is 0 Å². The number of para-hydroxylation sites is 1. The van der Waals surface area contributed by atoms with E-state index in [9.17, 15) is 13.2 Å². The molecule has 1 amide bonds. The van der Waals surface area contributed by atoms with Gasteiger partial charge in [-0.25, -0.2) is 0 Å². The Balaban J connectivity index is 1.46. The molecule has 0 aromatic heterocycles. The number of hydrogen-bond donors (Lipinski definition) is 0. The summed E-state index contributed by atoms with van der Waals surface area (Å²) in [6, 6.07) is 8.02. The van der Waals surface area contributed by atoms with Gasteiger partial charge in [-0.3, -0.25) is 4.79 Å². The lowest BCUT2D eigenvalue weighted by molar-refractivity contribution is -0.123. The lowest BCUT2D eigenvalue weighted by atomic mass is 9.98. The predicted octanol–water partition coefficient (Wildman–Crippen LogP) is 2.26. The minimum absolute atomic E-state index is 0.0760. The van der Waals surface area contributed by atoms with E-state index in [1.807, 2.05) is 23.1 Å². The first-order chi connectivity index (χ1) is 13.0. The van der Waals surface area contributed by atoms with E-state index in [0.717, 1.165) is 37.8 Å². The molecule has 1 aromatic carbocycles. The smallest absolute Gasteiger partial charge is 0.281 e. The van der Waals surface area contributed by atoms with Crippen LogP contribution in [-0.4, -0.2) is 55.7 Å². The number of rotatable bonds is 3. The zero-order valence-corrected chi connectivity index (χ0v) is 16.8. The highest BCUT2D eigenvalue weighted by molar-refractivity contribution is 7.86. The maximum atomic E-state index is 13.1. The number of fused-ring (bicyclic) bond motifs is 1. The van der Waals surface area contributed by atoms with Crippen molar-refractivity contribution in [2.45, 2.75) is 39.0 Å². The van der Waals surface area contributed by atoms with Gasteiger partial charge in [0, 0.05) is 38.4 Å². The summed E-state index contributed by atoms with van der Waals surface area (Å²) in [5.74, 6) is 0.415. The van der Waals surface area contributed by atoms with Crippen molar-refractivity contribution < 1.29 is 13.2 Å². The van der Waals surface area contributed by atoms with Crippen LogP contribution in [0.25, 0.3) is 0 Å². The predicted molar refractivity (Wildman–Crippen MR) is 106 cm³/mol. The topological polar surface area (TPSA) is 60.9 Å². The van der Waals surface area contributed by atoms with Crippen molar-refractivity contribution in [3.63, 3.8) is 0 Å². The molecule has 0 spiro atoms. The van der Waals surface area contributed by atoms with Gasteiger partial charge in [-0.05, 0) is 49.7 Å². The first-order valence-corrected chi connectivity index (χ1v) is 11.5. The molecule has 4 rings (SSSR count). The van der Waals surface area contributed by atoms with Gasteiger partial charge in [0.25, 0.3) is 10.2 Å². The van der Waals surface area contributed by atoms with Gasteiger partial charge in [0.15, 0.2) is 0 Å². The number of piperidine rings is 2. The highest BCUT2D eigenvalue weighted by atomic mass is 32.2. The molecule has 0 N–H and O–H groups in total. The molecule has 27 heavy (non-hydrogen) atoms. The molecule has 1 unspecified atom stereocenters. The average molecular weight is 392 g/mol. The number of anilines is 1. The third-order valence-electron chi connectivity index (χ3n) is 6.28. The number of nitrogens with zero attached hydrogens (tertiary/aromatic N) is 3. The minimum Gasteiger partial charge on any atom is -0.312 e. The molecule has 3 heterocycles. The van der Waals surface area contributed by atoms with Crippen LogP contribution in [0.4, 0.5) is 5.69 Å². The maximum absolute atomic E-state index is 13.1. The summed E-state index contributed by atoms with van der Waals surface area (Å²) in [4.78, 5) is 15.0. The fourth-order valence-electron chi connectivity index (χ4n) is 4.52. The average Bonchev–Trinajstić information content (AvgIpc) is 3.12. The van der Waals surface area contributed by atoms with Crippen molar-refractivity contribution >= 4 is 21.8 Å². The van der Waals surface area contributed by atoms with Crippen LogP contribution in [0.3, 0.4) is 0 Å². The quantitative estimate of drug-likeness (QED) is 0.794. The highest BCUT2D eigenvalue weighted by Gasteiger charge is 2.39. The summed E-state index contributed by atoms with van der Waals surface area (Å²) in [5.41, 5.74) is 2.20. The van der Waals surface area contributed by atoms with Crippen molar-refractivity contribution in [3.8, 4) is 0 Å². The fraction of sp³-hybridized carbons (Fsp3) is 0.650. The lowest BCUT2D eigenvalue weighted by Gasteiger charge is -2.38. The standard InChI is InChI=1S/C20H29N3O3S/c1-16-8-12-21(13-9-16)27(25,26)22-11-4-6-18(15-22)20(24)23-14-10-17-5-2-3-7-19(17)23/h2-3,5,7,16,18H,4,6,8-15H2,1H3. The van der Waals surface area contributed by atoms with Crippen LogP contribution >= 0.6 is 0 Å². The normalized spacial score (nSPS) is 25.5. The summed E-state index contributed by atoms with van der Waals surface area (Å²) in [5, 5.41) is 0. The second-order valence-electron chi connectivity index (χ2n) is 8.16. The van der Waals surface area contributed by atoms with E-state index in [0.29, 0.717) is 38.6 Å². The van der Waals surface area contributed by atoms with Crippen LogP contribution in [0.2, 0.25) is 0 Å². The molecule has 2 saturated heterocycles. The monoisotopic (exact) mass is 391 g/mol. The summed E-state index contributed by atoms with van der Waals surface area (Å²) in [6.07, 6.45) is 4.22. The van der Waals surface area contributed by atoms with E-state index < -0.39 is 10.2 Å². The number of carbonyl (C=O) groups excluding carboxylic acids is 1. The molecule has 0 saturated carbocycles. The van der Waals surface area contributed by atoms with Crippen LogP contribution < -0.4 is 4.90 Å². The Bertz CT molecular complexity index is 802. The molecular formula is C20H29N3O3S. The Labute approximate surface area is 162 Å². The third kappa shape index (κ3) is 3.65. The van der Waals surface area contributed by atoms with Gasteiger partial charge < -0.3 is 4.90 Å². The van der Waals surface area contributed by atoms with E-state index in [2.05, 4.69) is 13.0 Å². The van der Waals surface area contributed by atoms with Gasteiger partial charge >= 0.3 is 0 Å². The van der Waals surface area contributed by atoms with E-state index in [1.165, 1.54) is 5.56 Å². The van der Waals surface area contributed by atoms with Crippen LogP contribution in [-0.2, 0) is 21.4 Å². The molecule has 0 aliphatic carbocycles. The van der Waals surface area contributed by atoms with Crippen LogP contribution in [0.5, 0.6) is 0 Å². The van der Waals surface area contributed by atoms with Gasteiger partial charge in [0.2, 0.25) is 5.91 Å². The molecule has 1 aromatic rings. The first-order valence-electron chi connectivity index (χ1n) is 10.1. The molecule has 6 nitrogen and oxygen atoms in total. The SMILES string of the molecule is CC1CCN(S(=O)(=O)N2CCCC(C(=O)N3CCc4ccccc43)C2)CC1. The summed E-state index contributed by atoms with van der Waals surface area (Å²) in [6.45, 7) is 4.90. The van der Waals surface area contributed by atoms with Gasteiger partial charge in [0.05, 0.1) is 5.92 Å². The Kier molecular flexibility index (Phi) is 5.27. The number of benzene rings is 1. The highest BCUT2D eigenvalue weighted by Crippen LogP contribution is 2.31. The van der Waals surface area contributed by atoms with Gasteiger partial charge in [-0.15, -0.1) is 0 Å². The van der Waals surface area contributed by atoms with Crippen molar-refractivity contribution in [3.05, 3.63) is 29.8 Å². The molecular weight excluding hydrogens is 362 g/mol. The van der Waals surface area contributed by atoms with Crippen molar-refractivity contribution in [1.82, 2.24) is 8.61 Å². The minimum atomic E-state index is -3.46. The zero-order chi connectivity index (χ0) is 19.0. The summed E-state index contributed by atoms with van der Waals surface area (Å²) >= 11 is 0. The fourth-order valence-corrected chi connectivity index (χ4v) is 6.25. The molecule has 0 bridgehead atoms. The summed E-state index contributed by atoms with van der Waals surface area (Å²) in [7, 11) is -3.46. The van der Waals surface area contributed by atoms with Crippen LogP contribution in [0.15, 0.2) is 24.3 Å². The largest absolute Gasteiger partial charge is 0.312 e. The Morgan fingerprint density at radius 1 is 1.00 bits per heavy atom. The maximum Gasteiger partial charge on any atom is 0.281 e. The lowest BCUT2D eigenvalue weighted by Crippen LogP contribution is -2.52. The van der Waals surface area contributed by atoms with Crippen molar-refractivity contribution in [1.29, 1.82) is 0 Å². The zero-order valence-electron chi connectivity index (χ0n) is 16.0. The molecule has 148 valence electrons. The van der Waals surface area contributed by atoms with Crippen molar-refractivity contribution in [2.24, 2.45) is 11.8 Å². The Hall–Kier alpha value is -1.44. The molecule has 3 aliphatic heterocycles. The number of hydrogen-bond acceptors (Lipinski definition) is 3. The van der Waals surface area contributed by atoms with Gasteiger partial charge in [0.1, 0.15) is 0 Å². The van der Waals surface area contributed by atoms with E-state index >= 15 is 0 Å².